The van der Waals surface area contributed by atoms with E-state index in [0.717, 1.165) is 17.0 Å². The van der Waals surface area contributed by atoms with E-state index in [1.807, 2.05) is 20.8 Å². The number of carbonyl (C=O) groups excluding carboxylic acids is 1. The average molecular weight is 445 g/mol. The molecule has 1 amide bonds. The van der Waals surface area contributed by atoms with Crippen molar-refractivity contribution in [3.8, 4) is 17.4 Å². The highest BCUT2D eigenvalue weighted by molar-refractivity contribution is 5.92. The summed E-state index contributed by atoms with van der Waals surface area (Å²) in [5.41, 5.74) is 4.00. The van der Waals surface area contributed by atoms with Crippen LogP contribution >= 0.6 is 0 Å². The lowest BCUT2D eigenvalue weighted by Crippen LogP contribution is -2.15. The van der Waals surface area contributed by atoms with E-state index in [9.17, 15) is 9.18 Å². The number of nitrogens with one attached hydrogen (secondary N) is 1. The summed E-state index contributed by atoms with van der Waals surface area (Å²) in [6, 6.07) is 14.8. The van der Waals surface area contributed by atoms with Crippen LogP contribution in [-0.2, 0) is 11.2 Å². The molecule has 33 heavy (non-hydrogen) atoms. The van der Waals surface area contributed by atoms with Crippen molar-refractivity contribution in [3.63, 3.8) is 0 Å². The topological polar surface area (TPSA) is 81.9 Å². The molecule has 0 aliphatic heterocycles. The van der Waals surface area contributed by atoms with Crippen molar-refractivity contribution in [2.45, 2.75) is 34.1 Å². The number of hydrogen-bond donors (Lipinski definition) is 1. The normalized spacial score (nSPS) is 10.8. The maximum absolute atomic E-state index is 13.7. The highest BCUT2D eigenvalue weighted by atomic mass is 19.1. The van der Waals surface area contributed by atoms with Crippen LogP contribution in [0.1, 0.15) is 28.3 Å². The van der Waals surface area contributed by atoms with Crippen LogP contribution in [0.3, 0.4) is 0 Å². The van der Waals surface area contributed by atoms with Crippen LogP contribution in [0, 0.1) is 33.5 Å². The molecule has 8 heteroatoms. The van der Waals surface area contributed by atoms with Crippen LogP contribution in [0.2, 0.25) is 0 Å². The summed E-state index contributed by atoms with van der Waals surface area (Å²) in [5, 5.41) is 7.31. The minimum Gasteiger partial charge on any atom is -0.439 e. The Labute approximate surface area is 191 Å². The summed E-state index contributed by atoms with van der Waals surface area (Å²) < 4.78 is 21.4. The van der Waals surface area contributed by atoms with Crippen molar-refractivity contribution in [2.75, 3.05) is 5.32 Å². The molecule has 1 N–H and O–H groups in total. The number of anilines is 1. The van der Waals surface area contributed by atoms with E-state index in [0.29, 0.717) is 34.5 Å². The molecule has 2 heterocycles. The summed E-state index contributed by atoms with van der Waals surface area (Å²) in [4.78, 5) is 21.1. The average Bonchev–Trinajstić information content (AvgIpc) is 3.04. The van der Waals surface area contributed by atoms with Crippen LogP contribution in [0.5, 0.6) is 11.6 Å². The Bertz CT molecular complexity index is 1320. The predicted octanol–water partition coefficient (Wildman–Crippen LogP) is 5.01. The molecule has 0 fully saturated rings. The second-order valence-electron chi connectivity index (χ2n) is 7.76. The number of halogens is 1. The molecule has 2 aromatic carbocycles. The van der Waals surface area contributed by atoms with Crippen LogP contribution in [0.25, 0.3) is 5.82 Å². The van der Waals surface area contributed by atoms with E-state index in [1.54, 1.807) is 60.1 Å². The third-order valence-corrected chi connectivity index (χ3v) is 5.34. The van der Waals surface area contributed by atoms with Gasteiger partial charge in [-0.25, -0.2) is 14.1 Å². The molecule has 0 bridgehead atoms. The molecule has 0 radical (unpaired) electrons. The maximum atomic E-state index is 13.7. The Morgan fingerprint density at radius 3 is 2.42 bits per heavy atom. The van der Waals surface area contributed by atoms with Gasteiger partial charge < -0.3 is 10.1 Å². The zero-order valence-corrected chi connectivity index (χ0v) is 18.9. The number of aryl methyl sites for hydroxylation is 2. The van der Waals surface area contributed by atoms with Crippen molar-refractivity contribution in [1.82, 2.24) is 19.7 Å². The fourth-order valence-corrected chi connectivity index (χ4v) is 3.38. The maximum Gasteiger partial charge on any atom is 0.228 e. The first-order chi connectivity index (χ1) is 15.8. The monoisotopic (exact) mass is 445 g/mol. The molecule has 0 aliphatic rings. The molecule has 0 saturated heterocycles. The van der Waals surface area contributed by atoms with Crippen molar-refractivity contribution >= 4 is 11.6 Å². The standard InChI is InChI=1S/C25H24FN5O2/c1-15-16(2)30-31(17(15)3)23-14-25(28-18(4)27-23)33-21-11-9-20(10-12-21)29-24(32)13-19-7-5-6-8-22(19)26/h5-12,14H,13H2,1-4H3,(H,29,32). The first-order valence-corrected chi connectivity index (χ1v) is 10.5. The van der Waals surface area contributed by atoms with E-state index < -0.39 is 5.82 Å². The van der Waals surface area contributed by atoms with Gasteiger partial charge in [0.1, 0.15) is 17.4 Å². The zero-order chi connectivity index (χ0) is 23.5. The van der Waals surface area contributed by atoms with E-state index >= 15 is 0 Å². The van der Waals surface area contributed by atoms with Gasteiger partial charge in [0, 0.05) is 17.4 Å². The summed E-state index contributed by atoms with van der Waals surface area (Å²) in [6.45, 7) is 7.77. The Hall–Kier alpha value is -4.07. The number of aromatic nitrogens is 4. The van der Waals surface area contributed by atoms with Crippen molar-refractivity contribution < 1.29 is 13.9 Å². The molecular formula is C25H24FN5O2. The minimum atomic E-state index is -0.397. The molecule has 168 valence electrons. The molecule has 7 nitrogen and oxygen atoms in total. The lowest BCUT2D eigenvalue weighted by atomic mass is 10.1. The van der Waals surface area contributed by atoms with Gasteiger partial charge in [-0.05, 0) is 69.2 Å². The minimum absolute atomic E-state index is 0.0420. The third kappa shape index (κ3) is 5.06. The molecule has 0 atom stereocenters. The molecule has 0 saturated carbocycles. The number of rotatable bonds is 6. The summed E-state index contributed by atoms with van der Waals surface area (Å²) in [5.74, 6) is 1.43. The first-order valence-electron chi connectivity index (χ1n) is 10.5. The SMILES string of the molecule is Cc1nc(Oc2ccc(NC(=O)Cc3ccccc3F)cc2)cc(-n2nc(C)c(C)c2C)n1. The van der Waals surface area contributed by atoms with Gasteiger partial charge in [0.05, 0.1) is 12.1 Å². The Balaban J connectivity index is 1.46. The second-order valence-corrected chi connectivity index (χ2v) is 7.76. The van der Waals surface area contributed by atoms with Gasteiger partial charge in [-0.3, -0.25) is 4.79 Å². The Morgan fingerprint density at radius 1 is 1.03 bits per heavy atom. The molecule has 0 spiro atoms. The number of benzene rings is 2. The summed E-state index contributed by atoms with van der Waals surface area (Å²) in [6.07, 6.45) is -0.0420. The molecule has 4 rings (SSSR count). The molecule has 0 unspecified atom stereocenters. The first kappa shape index (κ1) is 22.1. The molecule has 4 aromatic rings. The van der Waals surface area contributed by atoms with Gasteiger partial charge in [0.2, 0.25) is 11.8 Å². The smallest absolute Gasteiger partial charge is 0.228 e. The molecule has 0 aliphatic carbocycles. The number of nitrogens with zero attached hydrogens (tertiary/aromatic N) is 4. The van der Waals surface area contributed by atoms with E-state index in [-0.39, 0.29) is 12.3 Å². The fourth-order valence-electron chi connectivity index (χ4n) is 3.38. The highest BCUT2D eigenvalue weighted by Gasteiger charge is 2.13. The Kier molecular flexibility index (Phi) is 6.17. The largest absolute Gasteiger partial charge is 0.439 e. The van der Waals surface area contributed by atoms with Crippen LogP contribution in [-0.4, -0.2) is 25.7 Å². The van der Waals surface area contributed by atoms with E-state index in [4.69, 9.17) is 4.74 Å². The van der Waals surface area contributed by atoms with Gasteiger partial charge in [-0.15, -0.1) is 0 Å². The summed E-state index contributed by atoms with van der Waals surface area (Å²) >= 11 is 0. The van der Waals surface area contributed by atoms with E-state index in [1.165, 1.54) is 6.07 Å². The number of hydrogen-bond acceptors (Lipinski definition) is 5. The molecular weight excluding hydrogens is 421 g/mol. The fraction of sp³-hybridized carbons (Fsp3) is 0.200. The highest BCUT2D eigenvalue weighted by Crippen LogP contribution is 2.24. The van der Waals surface area contributed by atoms with Gasteiger partial charge in [-0.1, -0.05) is 18.2 Å². The number of ether oxygens (including phenoxy) is 1. The Morgan fingerprint density at radius 2 is 1.76 bits per heavy atom. The second kappa shape index (κ2) is 9.20. The van der Waals surface area contributed by atoms with E-state index in [2.05, 4.69) is 20.4 Å². The van der Waals surface area contributed by atoms with Gasteiger partial charge in [0.15, 0.2) is 5.82 Å². The van der Waals surface area contributed by atoms with Crippen LogP contribution < -0.4 is 10.1 Å². The van der Waals surface area contributed by atoms with Gasteiger partial charge in [0.25, 0.3) is 0 Å². The predicted molar refractivity (Wildman–Crippen MR) is 123 cm³/mol. The van der Waals surface area contributed by atoms with Crippen molar-refractivity contribution in [3.05, 3.63) is 88.8 Å². The zero-order valence-electron chi connectivity index (χ0n) is 18.9. The quantitative estimate of drug-likeness (QED) is 0.451. The third-order valence-electron chi connectivity index (χ3n) is 5.34. The van der Waals surface area contributed by atoms with Gasteiger partial charge >= 0.3 is 0 Å². The number of carbonyl (C=O) groups is 1. The lowest BCUT2D eigenvalue weighted by Gasteiger charge is -2.10. The van der Waals surface area contributed by atoms with Crippen LogP contribution in [0.4, 0.5) is 10.1 Å². The van der Waals surface area contributed by atoms with Crippen molar-refractivity contribution in [1.29, 1.82) is 0 Å². The number of amides is 1. The van der Waals surface area contributed by atoms with Crippen molar-refractivity contribution in [2.24, 2.45) is 0 Å². The summed E-state index contributed by atoms with van der Waals surface area (Å²) in [7, 11) is 0. The molecule has 2 aromatic heterocycles. The lowest BCUT2D eigenvalue weighted by molar-refractivity contribution is -0.115. The van der Waals surface area contributed by atoms with Gasteiger partial charge in [-0.2, -0.15) is 10.1 Å². The van der Waals surface area contributed by atoms with Crippen LogP contribution in [0.15, 0.2) is 54.6 Å².